The Hall–Kier alpha value is -2.45. The molecule has 2 saturated carbocycles. The van der Waals surface area contributed by atoms with Crippen LogP contribution in [-0.4, -0.2) is 51.4 Å². The second kappa shape index (κ2) is 6.28. The van der Waals surface area contributed by atoms with Gasteiger partial charge in [0.1, 0.15) is 16.6 Å². The minimum Gasteiger partial charge on any atom is -0.508 e. The van der Waals surface area contributed by atoms with Crippen molar-refractivity contribution in [3.8, 4) is 16.3 Å². The van der Waals surface area contributed by atoms with Crippen LogP contribution < -0.4 is 10.2 Å². The van der Waals surface area contributed by atoms with E-state index >= 15 is 0 Å². The van der Waals surface area contributed by atoms with Crippen LogP contribution in [0, 0.1) is 18.8 Å². The van der Waals surface area contributed by atoms with Gasteiger partial charge in [0.25, 0.3) is 0 Å². The van der Waals surface area contributed by atoms with Gasteiger partial charge in [-0.05, 0) is 49.8 Å². The molecule has 8 heteroatoms. The maximum Gasteiger partial charge on any atom is 0.227 e. The highest BCUT2D eigenvalue weighted by atomic mass is 32.1. The molecule has 0 amide bonds. The predicted molar refractivity (Wildman–Crippen MR) is 111 cm³/mol. The summed E-state index contributed by atoms with van der Waals surface area (Å²) in [6.07, 6.45) is 1.83. The normalized spacial score (nSPS) is 25.7. The highest BCUT2D eigenvalue weighted by Crippen LogP contribution is 2.52. The third-order valence-corrected chi connectivity index (χ3v) is 6.84. The number of phenolic OH excluding ortho intramolecular Hbond substituents is 1. The fraction of sp³-hybridized carbons (Fsp3) is 0.450. The molecule has 0 spiro atoms. The predicted octanol–water partition coefficient (Wildman–Crippen LogP) is 3.01. The molecule has 3 N–H and O–H groups in total. The summed E-state index contributed by atoms with van der Waals surface area (Å²) in [5.74, 6) is 2.55. The monoisotopic (exact) mass is 397 g/mol. The molecule has 0 radical (unpaired) electrons. The summed E-state index contributed by atoms with van der Waals surface area (Å²) in [7, 11) is 3.86. The summed E-state index contributed by atoms with van der Waals surface area (Å²) in [6.45, 7) is 1.98. The Morgan fingerprint density at radius 1 is 1.14 bits per heavy atom. The molecule has 1 aromatic carbocycles. The van der Waals surface area contributed by atoms with Crippen molar-refractivity contribution in [3.63, 3.8) is 0 Å². The van der Waals surface area contributed by atoms with Crippen molar-refractivity contribution in [2.75, 3.05) is 24.3 Å². The standard InChI is InChI=1S/C20H23N5O2S/c1-9-16(19-23-14-5-4-11(26)8-15(14)28-19)18(24-20(21-9)25(2)3)22-10-6-12-13(7-10)17(12)27/h4-5,8,10,12-13,17,26-27H,6-7H2,1-3H3,(H,21,22,24). The molecule has 5 rings (SSSR count). The number of phenols is 1. The zero-order valence-corrected chi connectivity index (χ0v) is 16.9. The first-order valence-corrected chi connectivity index (χ1v) is 10.3. The first-order valence-electron chi connectivity index (χ1n) is 9.51. The zero-order valence-electron chi connectivity index (χ0n) is 16.0. The quantitative estimate of drug-likeness (QED) is 0.623. The third-order valence-electron chi connectivity index (χ3n) is 5.80. The Morgan fingerprint density at radius 3 is 2.61 bits per heavy atom. The smallest absolute Gasteiger partial charge is 0.227 e. The molecule has 146 valence electrons. The number of nitrogens with zero attached hydrogens (tertiary/aromatic N) is 4. The van der Waals surface area contributed by atoms with Gasteiger partial charge >= 0.3 is 0 Å². The van der Waals surface area contributed by atoms with Gasteiger partial charge in [0, 0.05) is 20.1 Å². The van der Waals surface area contributed by atoms with E-state index in [4.69, 9.17) is 9.97 Å². The summed E-state index contributed by atoms with van der Waals surface area (Å²) < 4.78 is 0.933. The lowest BCUT2D eigenvalue weighted by atomic mass is 10.1. The van der Waals surface area contributed by atoms with Gasteiger partial charge in [-0.25, -0.2) is 9.97 Å². The highest BCUT2D eigenvalue weighted by Gasteiger charge is 2.55. The lowest BCUT2D eigenvalue weighted by molar-refractivity contribution is 0.230. The Balaban J connectivity index is 1.56. The molecule has 0 saturated heterocycles. The summed E-state index contributed by atoms with van der Waals surface area (Å²) >= 11 is 1.53. The molecule has 0 bridgehead atoms. The van der Waals surface area contributed by atoms with Crippen LogP contribution in [0.4, 0.5) is 11.8 Å². The van der Waals surface area contributed by atoms with Crippen LogP contribution in [0.15, 0.2) is 18.2 Å². The molecule has 2 aliphatic carbocycles. The van der Waals surface area contributed by atoms with Crippen LogP contribution in [0.2, 0.25) is 0 Å². The molecule has 2 aliphatic rings. The second-order valence-electron chi connectivity index (χ2n) is 8.03. The summed E-state index contributed by atoms with van der Waals surface area (Å²) in [5, 5.41) is 24.1. The van der Waals surface area contributed by atoms with Gasteiger partial charge in [0.05, 0.1) is 27.6 Å². The number of aryl methyl sites for hydroxylation is 1. The minimum absolute atomic E-state index is 0.112. The van der Waals surface area contributed by atoms with Gasteiger partial charge in [-0.15, -0.1) is 11.3 Å². The molecule has 3 aromatic rings. The molecule has 2 unspecified atom stereocenters. The van der Waals surface area contributed by atoms with Crippen molar-refractivity contribution in [2.45, 2.75) is 31.9 Å². The van der Waals surface area contributed by atoms with Crippen LogP contribution in [0.5, 0.6) is 5.75 Å². The number of anilines is 2. The van der Waals surface area contributed by atoms with E-state index in [2.05, 4.69) is 10.3 Å². The van der Waals surface area contributed by atoms with Crippen LogP contribution in [0.3, 0.4) is 0 Å². The van der Waals surface area contributed by atoms with Crippen molar-refractivity contribution < 1.29 is 10.2 Å². The number of benzene rings is 1. The van der Waals surface area contributed by atoms with Crippen molar-refractivity contribution in [1.82, 2.24) is 15.0 Å². The van der Waals surface area contributed by atoms with E-state index in [9.17, 15) is 10.2 Å². The third kappa shape index (κ3) is 2.87. The van der Waals surface area contributed by atoms with Crippen LogP contribution in [0.1, 0.15) is 18.5 Å². The van der Waals surface area contributed by atoms with E-state index in [1.165, 1.54) is 11.3 Å². The summed E-state index contributed by atoms with van der Waals surface area (Å²) in [6, 6.07) is 5.52. The minimum atomic E-state index is -0.112. The fourth-order valence-corrected chi connectivity index (χ4v) is 5.35. The molecule has 2 heterocycles. The number of fused-ring (bicyclic) bond motifs is 2. The van der Waals surface area contributed by atoms with Gasteiger partial charge in [0.2, 0.25) is 5.95 Å². The maximum atomic E-state index is 9.84. The van der Waals surface area contributed by atoms with Crippen molar-refractivity contribution in [1.29, 1.82) is 0 Å². The maximum absolute atomic E-state index is 9.84. The van der Waals surface area contributed by atoms with Gasteiger partial charge in [-0.2, -0.15) is 4.98 Å². The topological polar surface area (TPSA) is 94.4 Å². The number of nitrogens with one attached hydrogen (secondary N) is 1. The van der Waals surface area contributed by atoms with Crippen molar-refractivity contribution >= 4 is 33.3 Å². The second-order valence-corrected chi connectivity index (χ2v) is 9.06. The largest absolute Gasteiger partial charge is 0.508 e. The lowest BCUT2D eigenvalue weighted by Crippen LogP contribution is -2.22. The number of aliphatic hydroxyl groups is 1. The molecule has 0 aliphatic heterocycles. The van der Waals surface area contributed by atoms with E-state index in [0.29, 0.717) is 23.8 Å². The Kier molecular flexibility index (Phi) is 3.96. The van der Waals surface area contributed by atoms with E-state index in [0.717, 1.165) is 45.1 Å². The molecule has 7 nitrogen and oxygen atoms in total. The Bertz CT molecular complexity index is 1050. The average molecular weight is 398 g/mol. The van der Waals surface area contributed by atoms with Gasteiger partial charge in [-0.1, -0.05) is 0 Å². The van der Waals surface area contributed by atoms with Crippen LogP contribution in [-0.2, 0) is 0 Å². The Labute approximate surface area is 167 Å². The van der Waals surface area contributed by atoms with Gasteiger partial charge in [0.15, 0.2) is 0 Å². The number of thiazole rings is 1. The van der Waals surface area contributed by atoms with E-state index in [-0.39, 0.29) is 11.9 Å². The van der Waals surface area contributed by atoms with E-state index in [1.807, 2.05) is 32.0 Å². The number of rotatable bonds is 4. The van der Waals surface area contributed by atoms with Gasteiger partial charge in [-0.3, -0.25) is 0 Å². The molecule has 2 atom stereocenters. The van der Waals surface area contributed by atoms with E-state index in [1.54, 1.807) is 12.1 Å². The van der Waals surface area contributed by atoms with Crippen molar-refractivity contribution in [2.24, 2.45) is 11.8 Å². The summed E-state index contributed by atoms with van der Waals surface area (Å²) in [4.78, 5) is 16.1. The lowest BCUT2D eigenvalue weighted by Gasteiger charge is -2.21. The number of hydrogen-bond acceptors (Lipinski definition) is 8. The molecular weight excluding hydrogens is 374 g/mol. The molecule has 2 aromatic heterocycles. The molecular formula is C20H23N5O2S. The number of aliphatic hydroxyl groups excluding tert-OH is 1. The SMILES string of the molecule is Cc1nc(N(C)C)nc(NC2CC3C(O)C3C2)c1-c1nc2ccc(O)cc2s1. The first kappa shape index (κ1) is 17.6. The summed E-state index contributed by atoms with van der Waals surface area (Å²) in [5.41, 5.74) is 2.63. The van der Waals surface area contributed by atoms with E-state index < -0.39 is 0 Å². The first-order chi connectivity index (χ1) is 13.4. The Morgan fingerprint density at radius 2 is 1.89 bits per heavy atom. The van der Waals surface area contributed by atoms with Crippen LogP contribution in [0.25, 0.3) is 20.8 Å². The fourth-order valence-electron chi connectivity index (χ4n) is 4.26. The highest BCUT2D eigenvalue weighted by molar-refractivity contribution is 7.21. The van der Waals surface area contributed by atoms with Crippen molar-refractivity contribution in [3.05, 3.63) is 23.9 Å². The molecule has 28 heavy (non-hydrogen) atoms. The zero-order chi connectivity index (χ0) is 19.6. The number of aromatic hydroxyl groups is 1. The average Bonchev–Trinajstić information content (AvgIpc) is 3.02. The number of aromatic nitrogens is 3. The van der Waals surface area contributed by atoms with Gasteiger partial charge < -0.3 is 20.4 Å². The molecule has 2 fully saturated rings. The van der Waals surface area contributed by atoms with Crippen LogP contribution >= 0.6 is 11.3 Å². The number of hydrogen-bond donors (Lipinski definition) is 3.